The van der Waals surface area contributed by atoms with Crippen molar-refractivity contribution in [2.24, 2.45) is 5.92 Å². The van der Waals surface area contributed by atoms with Crippen molar-refractivity contribution in [2.45, 2.75) is 149 Å². The summed E-state index contributed by atoms with van der Waals surface area (Å²) in [6, 6.07) is 4.56. The number of unbranched alkanes of at least 4 members (excludes halogenated alkanes) is 3. The van der Waals surface area contributed by atoms with Gasteiger partial charge in [0.05, 0.1) is 71.5 Å². The van der Waals surface area contributed by atoms with Gasteiger partial charge in [-0.15, -0.1) is 0 Å². The minimum absolute atomic E-state index is 0.0286. The van der Waals surface area contributed by atoms with Gasteiger partial charge in [-0.05, 0) is 90.3 Å². The fourth-order valence-corrected chi connectivity index (χ4v) is 8.69. The highest BCUT2D eigenvalue weighted by Gasteiger charge is 2.30. The lowest BCUT2D eigenvalue weighted by Gasteiger charge is -2.21. The molecule has 6 atom stereocenters. The van der Waals surface area contributed by atoms with Gasteiger partial charge in [-0.2, -0.15) is 0 Å². The van der Waals surface area contributed by atoms with E-state index in [-0.39, 0.29) is 103 Å². The molecule has 0 saturated carbocycles. The molecule has 1 rings (SSSR count). The number of carboxylic acid groups (broad SMARTS) is 1. The minimum atomic E-state index is -4.79. The normalized spacial score (nSPS) is 14.7. The zero-order chi connectivity index (χ0) is 61.9. The van der Waals surface area contributed by atoms with Crippen molar-refractivity contribution in [2.75, 3.05) is 79.1 Å². The average Bonchev–Trinajstić information content (AvgIpc) is 3.45. The molecule has 5 amide bonds. The molecular formula is C54H89N5O22P2. The number of ether oxygens (including phenoxy) is 5. The molecule has 0 saturated heterocycles. The molecular weight excluding hydrogens is 1130 g/mol. The molecule has 83 heavy (non-hydrogen) atoms. The van der Waals surface area contributed by atoms with Gasteiger partial charge in [0, 0.05) is 65.5 Å². The first-order valence-electron chi connectivity index (χ1n) is 27.7. The van der Waals surface area contributed by atoms with Crippen LogP contribution in [0.15, 0.2) is 48.6 Å². The number of allylic oxidation sites excluding steroid dienone is 4. The average molecular weight is 1220 g/mol. The number of carboxylic acids is 1. The van der Waals surface area contributed by atoms with Crippen molar-refractivity contribution < 1.29 is 104 Å². The Bertz CT molecular complexity index is 2150. The molecule has 0 aliphatic rings. The van der Waals surface area contributed by atoms with E-state index in [1.54, 1.807) is 38.1 Å². The summed E-state index contributed by atoms with van der Waals surface area (Å²) in [5.74, 6) is -5.55. The molecule has 1 aromatic carbocycles. The predicted octanol–water partition coefficient (Wildman–Crippen LogP) is 4.66. The van der Waals surface area contributed by atoms with E-state index in [2.05, 4.69) is 26.6 Å². The zero-order valence-electron chi connectivity index (χ0n) is 48.7. The Morgan fingerprint density at radius 1 is 0.566 bits per heavy atom. The Balaban J connectivity index is 2.88. The fraction of sp³-hybridized carbons (Fsp3) is 0.667. The Kier molecular flexibility index (Phi) is 40.8. The highest BCUT2D eigenvalue weighted by molar-refractivity contribution is 7.47. The predicted molar refractivity (Wildman–Crippen MR) is 302 cm³/mol. The second kappa shape index (κ2) is 44.9. The second-order valence-corrected chi connectivity index (χ2v) is 21.9. The molecule has 0 heterocycles. The molecule has 1 aromatic rings. The molecule has 0 aliphatic heterocycles. The van der Waals surface area contributed by atoms with Crippen LogP contribution in [0.4, 0.5) is 0 Å². The first-order valence-corrected chi connectivity index (χ1v) is 30.7. The van der Waals surface area contributed by atoms with Gasteiger partial charge >= 0.3 is 33.6 Å². The van der Waals surface area contributed by atoms with Crippen molar-refractivity contribution in [3.63, 3.8) is 0 Å². The fourth-order valence-electron chi connectivity index (χ4n) is 7.17. The van der Waals surface area contributed by atoms with Crippen molar-refractivity contribution in [3.8, 4) is 5.75 Å². The molecule has 4 unspecified atom stereocenters. The molecule has 0 fully saturated rings. The second-order valence-electron chi connectivity index (χ2n) is 19.0. The number of esters is 2. The highest BCUT2D eigenvalue weighted by Crippen LogP contribution is 2.43. The van der Waals surface area contributed by atoms with Crippen LogP contribution in [0.25, 0.3) is 0 Å². The number of rotatable bonds is 49. The molecule has 8 N–H and O–H groups in total. The van der Waals surface area contributed by atoms with Gasteiger partial charge < -0.3 is 65.2 Å². The number of hydrogen-bond acceptors (Lipinski definition) is 19. The number of aliphatic carboxylic acids is 1. The minimum Gasteiger partial charge on any atom is -0.492 e. The van der Waals surface area contributed by atoms with Gasteiger partial charge in [0.1, 0.15) is 30.5 Å². The highest BCUT2D eigenvalue weighted by atomic mass is 31.2. The van der Waals surface area contributed by atoms with Crippen molar-refractivity contribution in [1.29, 1.82) is 0 Å². The first kappa shape index (κ1) is 75.4. The smallest absolute Gasteiger partial charge is 0.472 e. The molecule has 0 bridgehead atoms. The monoisotopic (exact) mass is 1220 g/mol. The number of phosphoric ester groups is 2. The van der Waals surface area contributed by atoms with E-state index >= 15 is 0 Å². The number of hydrogen-bond donors (Lipinski definition) is 8. The Hall–Kier alpha value is -5.60. The Morgan fingerprint density at radius 3 is 1.45 bits per heavy atom. The summed E-state index contributed by atoms with van der Waals surface area (Å²) >= 11 is 0. The third kappa shape index (κ3) is 42.0. The lowest BCUT2D eigenvalue weighted by Crippen LogP contribution is -2.44. The van der Waals surface area contributed by atoms with Crippen LogP contribution in [0.1, 0.15) is 124 Å². The van der Waals surface area contributed by atoms with Crippen LogP contribution in [0.3, 0.4) is 0 Å². The molecule has 0 aliphatic carbocycles. The standard InChI is InChI=1S/C54H89N5O22P2/c1-7-9-11-13-19-51(65)80-40(3)25-30-73-36-45(58-42(5)60)38-78-82(69,70)76-33-28-56-53(67)48(35-44-21-23-47(24-22-44)75-32-27-55-49(62)17-15-16-18-50(63)64)54(68)57-29-34-77-83(71,72)79-39-46(59-43(6)61)37-74-31-26-41(4)81-52(66)20-14-12-10-8-2/h7-10,21-24,40-41,45-46,48H,11-20,25-39H2,1-6H3,(H,55,62)(H,56,67)(H,57,68)(H,58,60)(H,59,61)(H,63,64)(H,69,70)(H,71,72)/b9-7-,10-8-/t40-,41-,45?,46?,48?/m1/s1. The number of nitrogens with one attached hydrogen (secondary N) is 5. The number of phosphoric acid groups is 2. The zero-order valence-corrected chi connectivity index (χ0v) is 50.5. The number of carbonyl (C=O) groups is 8. The molecule has 27 nitrogen and oxygen atoms in total. The lowest BCUT2D eigenvalue weighted by molar-refractivity contribution is -0.150. The third-order valence-electron chi connectivity index (χ3n) is 11.4. The number of amides is 5. The molecule has 0 aromatic heterocycles. The number of carbonyl (C=O) groups excluding carboxylic acids is 7. The van der Waals surface area contributed by atoms with Crippen LogP contribution >= 0.6 is 15.6 Å². The van der Waals surface area contributed by atoms with E-state index in [0.717, 1.165) is 12.8 Å². The van der Waals surface area contributed by atoms with Gasteiger partial charge in [-0.1, -0.05) is 36.4 Å². The largest absolute Gasteiger partial charge is 0.492 e. The van der Waals surface area contributed by atoms with E-state index in [9.17, 15) is 57.3 Å². The maximum absolute atomic E-state index is 13.6. The van der Waals surface area contributed by atoms with Crippen LogP contribution in [0.5, 0.6) is 5.75 Å². The molecule has 0 radical (unpaired) electrons. The van der Waals surface area contributed by atoms with E-state index < -0.39 is 102 Å². The maximum atomic E-state index is 13.6. The van der Waals surface area contributed by atoms with Crippen LogP contribution in [0.2, 0.25) is 0 Å². The van der Waals surface area contributed by atoms with Gasteiger partial charge in [-0.3, -0.25) is 56.5 Å². The van der Waals surface area contributed by atoms with Gasteiger partial charge in [-0.25, -0.2) is 9.13 Å². The third-order valence-corrected chi connectivity index (χ3v) is 13.3. The lowest BCUT2D eigenvalue weighted by atomic mass is 9.97. The van der Waals surface area contributed by atoms with Crippen LogP contribution in [-0.4, -0.2) is 166 Å². The summed E-state index contributed by atoms with van der Waals surface area (Å²) in [4.78, 5) is 119. The van der Waals surface area contributed by atoms with E-state index in [0.29, 0.717) is 49.8 Å². The summed E-state index contributed by atoms with van der Waals surface area (Å²) in [6.07, 6.45) is 11.6. The maximum Gasteiger partial charge on any atom is 0.472 e. The summed E-state index contributed by atoms with van der Waals surface area (Å²) < 4.78 is 73.6. The van der Waals surface area contributed by atoms with Crippen LogP contribution in [-0.2, 0) is 90.9 Å². The summed E-state index contributed by atoms with van der Waals surface area (Å²) in [5, 5.41) is 21.5. The topological polar surface area (TPSA) is 375 Å². The van der Waals surface area contributed by atoms with Crippen LogP contribution < -0.4 is 31.3 Å². The van der Waals surface area contributed by atoms with Crippen molar-refractivity contribution >= 4 is 63.1 Å². The van der Waals surface area contributed by atoms with Crippen LogP contribution in [0, 0.1) is 5.92 Å². The van der Waals surface area contributed by atoms with Crippen molar-refractivity contribution in [1.82, 2.24) is 26.6 Å². The van der Waals surface area contributed by atoms with E-state index in [4.69, 9.17) is 46.9 Å². The SMILES string of the molecule is C/C=C\CCCC(=O)O[C@H](C)CCOCC(COP(=O)(O)OCCNC(=O)C(Cc1ccc(OCCNC(=O)CCCCC(=O)O)cc1)C(=O)NCCOP(=O)(O)OCC(COCC[C@@H](C)OC(=O)CCC/C=C\C)NC(C)=O)NC(C)=O. The molecule has 29 heteroatoms. The Morgan fingerprint density at radius 2 is 1.01 bits per heavy atom. The first-order chi connectivity index (χ1) is 39.4. The number of benzene rings is 1. The van der Waals surface area contributed by atoms with E-state index in [1.165, 1.54) is 13.8 Å². The molecule has 0 spiro atoms. The van der Waals surface area contributed by atoms with Gasteiger partial charge in [0.2, 0.25) is 29.5 Å². The Labute approximate surface area is 486 Å². The van der Waals surface area contributed by atoms with E-state index in [1.807, 2.05) is 38.2 Å². The summed E-state index contributed by atoms with van der Waals surface area (Å²) in [7, 11) is -9.57. The van der Waals surface area contributed by atoms with Gasteiger partial charge in [0.25, 0.3) is 0 Å². The summed E-state index contributed by atoms with van der Waals surface area (Å²) in [5.41, 5.74) is 0.486. The summed E-state index contributed by atoms with van der Waals surface area (Å²) in [6.45, 7) is 7.04. The molecule has 472 valence electrons. The van der Waals surface area contributed by atoms with Crippen molar-refractivity contribution in [3.05, 3.63) is 54.1 Å². The quantitative estimate of drug-likeness (QED) is 0.0144. The van der Waals surface area contributed by atoms with Gasteiger partial charge in [0.15, 0.2) is 0 Å².